The zero-order valence-corrected chi connectivity index (χ0v) is 19.3. The van der Waals surface area contributed by atoms with Crippen LogP contribution in [-0.4, -0.2) is 74.7 Å². The van der Waals surface area contributed by atoms with Crippen molar-refractivity contribution >= 4 is 35.6 Å². The van der Waals surface area contributed by atoms with Crippen molar-refractivity contribution in [2.45, 2.75) is 33.1 Å². The van der Waals surface area contributed by atoms with Crippen molar-refractivity contribution in [3.8, 4) is 0 Å². The molecular formula is C21H36IN5. The molecule has 2 saturated heterocycles. The summed E-state index contributed by atoms with van der Waals surface area (Å²) in [6, 6.07) is 8.87. The highest BCUT2D eigenvalue weighted by Gasteiger charge is 2.17. The van der Waals surface area contributed by atoms with Gasteiger partial charge >= 0.3 is 0 Å². The van der Waals surface area contributed by atoms with Crippen molar-refractivity contribution in [1.82, 2.24) is 15.1 Å². The van der Waals surface area contributed by atoms with E-state index < -0.39 is 0 Å². The van der Waals surface area contributed by atoms with E-state index in [0.29, 0.717) is 0 Å². The molecule has 6 heteroatoms. The lowest BCUT2D eigenvalue weighted by Gasteiger charge is -2.36. The van der Waals surface area contributed by atoms with Gasteiger partial charge in [-0.1, -0.05) is 12.1 Å². The monoisotopic (exact) mass is 485 g/mol. The van der Waals surface area contributed by atoms with E-state index in [2.05, 4.69) is 58.1 Å². The third-order valence-electron chi connectivity index (χ3n) is 5.37. The number of piperazine rings is 1. The first-order valence-electron chi connectivity index (χ1n) is 10.3. The largest absolute Gasteiger partial charge is 0.369 e. The fourth-order valence-electron chi connectivity index (χ4n) is 3.89. The van der Waals surface area contributed by atoms with Gasteiger partial charge in [0.15, 0.2) is 5.96 Å². The summed E-state index contributed by atoms with van der Waals surface area (Å²) >= 11 is 0. The summed E-state index contributed by atoms with van der Waals surface area (Å²) in [5.74, 6) is 1.12. The number of hydrogen-bond donors (Lipinski definition) is 1. The highest BCUT2D eigenvalue weighted by molar-refractivity contribution is 14.0. The lowest BCUT2D eigenvalue weighted by atomic mass is 10.2. The Morgan fingerprint density at radius 2 is 1.81 bits per heavy atom. The number of aliphatic imine (C=N–C) groups is 1. The molecule has 2 heterocycles. The smallest absolute Gasteiger partial charge is 0.193 e. The SMILES string of the molecule is CCNC(=NCCCN1CCN(c2cccc(C)c2)CC1)N1CCCC1.I. The standard InChI is InChI=1S/C21H35N5.HI/c1-3-22-21(26-12-4-5-13-26)23-10-7-11-24-14-16-25(17-15-24)20-9-6-8-19(2)18-20;/h6,8-9,18H,3-5,7,10-17H2,1-2H3,(H,22,23);1H. The third-order valence-corrected chi connectivity index (χ3v) is 5.37. The molecule has 2 aliphatic rings. The maximum atomic E-state index is 4.85. The van der Waals surface area contributed by atoms with Crippen LogP contribution in [0.1, 0.15) is 31.7 Å². The van der Waals surface area contributed by atoms with Crippen molar-refractivity contribution in [3.05, 3.63) is 29.8 Å². The zero-order valence-electron chi connectivity index (χ0n) is 17.0. The Morgan fingerprint density at radius 1 is 1.07 bits per heavy atom. The topological polar surface area (TPSA) is 34.1 Å². The first-order chi connectivity index (χ1) is 12.8. The number of hydrogen-bond acceptors (Lipinski definition) is 3. The second-order valence-electron chi connectivity index (χ2n) is 7.45. The first-order valence-corrected chi connectivity index (χ1v) is 10.3. The Labute approximate surface area is 182 Å². The fourth-order valence-corrected chi connectivity index (χ4v) is 3.89. The van der Waals surface area contributed by atoms with Crippen LogP contribution in [0, 0.1) is 6.92 Å². The van der Waals surface area contributed by atoms with Crippen LogP contribution in [0.5, 0.6) is 0 Å². The molecule has 1 aromatic carbocycles. The number of halogens is 1. The van der Waals surface area contributed by atoms with Crippen LogP contribution in [0.3, 0.4) is 0 Å². The third kappa shape index (κ3) is 6.82. The molecule has 0 spiro atoms. The highest BCUT2D eigenvalue weighted by Crippen LogP contribution is 2.17. The minimum atomic E-state index is 0. The van der Waals surface area contributed by atoms with Crippen molar-refractivity contribution in [1.29, 1.82) is 0 Å². The molecule has 1 aromatic rings. The Morgan fingerprint density at radius 3 is 2.48 bits per heavy atom. The average Bonchev–Trinajstić information content (AvgIpc) is 3.19. The van der Waals surface area contributed by atoms with E-state index in [0.717, 1.165) is 71.3 Å². The van der Waals surface area contributed by atoms with Gasteiger partial charge in [-0.15, -0.1) is 24.0 Å². The van der Waals surface area contributed by atoms with Gasteiger partial charge < -0.3 is 15.1 Å². The summed E-state index contributed by atoms with van der Waals surface area (Å²) in [4.78, 5) is 12.4. The fraction of sp³-hybridized carbons (Fsp3) is 0.667. The number of aryl methyl sites for hydroxylation is 1. The van der Waals surface area contributed by atoms with Gasteiger partial charge in [-0.2, -0.15) is 0 Å². The number of anilines is 1. The zero-order chi connectivity index (χ0) is 18.2. The van der Waals surface area contributed by atoms with Crippen molar-refractivity contribution in [2.24, 2.45) is 4.99 Å². The second kappa shape index (κ2) is 11.7. The molecule has 5 nitrogen and oxygen atoms in total. The summed E-state index contributed by atoms with van der Waals surface area (Å²) < 4.78 is 0. The predicted molar refractivity (Wildman–Crippen MR) is 127 cm³/mol. The molecule has 152 valence electrons. The molecule has 0 radical (unpaired) electrons. The van der Waals surface area contributed by atoms with Crippen LogP contribution in [-0.2, 0) is 0 Å². The summed E-state index contributed by atoms with van der Waals surface area (Å²) in [5, 5.41) is 3.45. The van der Waals surface area contributed by atoms with Crippen LogP contribution in [0.25, 0.3) is 0 Å². The van der Waals surface area contributed by atoms with Crippen LogP contribution in [0.15, 0.2) is 29.3 Å². The number of guanidine groups is 1. The van der Waals surface area contributed by atoms with Gasteiger partial charge in [0, 0.05) is 64.6 Å². The van der Waals surface area contributed by atoms with Gasteiger partial charge in [0.1, 0.15) is 0 Å². The van der Waals surface area contributed by atoms with E-state index >= 15 is 0 Å². The van der Waals surface area contributed by atoms with E-state index in [1.165, 1.54) is 24.1 Å². The van der Waals surface area contributed by atoms with E-state index in [-0.39, 0.29) is 24.0 Å². The van der Waals surface area contributed by atoms with Crippen LogP contribution in [0.4, 0.5) is 5.69 Å². The molecule has 2 aliphatic heterocycles. The average molecular weight is 485 g/mol. The number of nitrogens with zero attached hydrogens (tertiary/aromatic N) is 4. The minimum absolute atomic E-state index is 0. The Kier molecular flexibility index (Phi) is 9.68. The summed E-state index contributed by atoms with van der Waals surface area (Å²) in [6.45, 7) is 14.3. The van der Waals surface area contributed by atoms with E-state index in [4.69, 9.17) is 4.99 Å². The molecule has 0 aromatic heterocycles. The van der Waals surface area contributed by atoms with Gasteiger partial charge in [0.25, 0.3) is 0 Å². The Hall–Kier alpha value is -1.02. The lowest BCUT2D eigenvalue weighted by molar-refractivity contribution is 0.256. The van der Waals surface area contributed by atoms with Crippen LogP contribution < -0.4 is 10.2 Å². The Balaban J connectivity index is 0.00000261. The molecule has 0 aliphatic carbocycles. The molecule has 1 N–H and O–H groups in total. The number of benzene rings is 1. The number of nitrogens with one attached hydrogen (secondary N) is 1. The van der Waals surface area contributed by atoms with Gasteiger partial charge in [-0.25, -0.2) is 0 Å². The number of rotatable bonds is 6. The number of likely N-dealkylation sites (tertiary alicyclic amines) is 1. The van der Waals surface area contributed by atoms with Gasteiger partial charge in [0.05, 0.1) is 0 Å². The molecule has 27 heavy (non-hydrogen) atoms. The lowest BCUT2D eigenvalue weighted by Crippen LogP contribution is -2.46. The second-order valence-corrected chi connectivity index (χ2v) is 7.45. The molecule has 0 unspecified atom stereocenters. The summed E-state index contributed by atoms with van der Waals surface area (Å²) in [7, 11) is 0. The van der Waals surface area contributed by atoms with Crippen LogP contribution in [0.2, 0.25) is 0 Å². The minimum Gasteiger partial charge on any atom is -0.369 e. The summed E-state index contributed by atoms with van der Waals surface area (Å²) in [6.07, 6.45) is 3.75. The van der Waals surface area contributed by atoms with Gasteiger partial charge in [0.2, 0.25) is 0 Å². The Bertz CT molecular complexity index is 578. The van der Waals surface area contributed by atoms with E-state index in [9.17, 15) is 0 Å². The molecule has 2 fully saturated rings. The normalized spacial score (nSPS) is 18.5. The van der Waals surface area contributed by atoms with Crippen molar-refractivity contribution in [2.75, 3.05) is 63.8 Å². The van der Waals surface area contributed by atoms with E-state index in [1.807, 2.05) is 0 Å². The predicted octanol–water partition coefficient (Wildman–Crippen LogP) is 3.19. The maximum Gasteiger partial charge on any atom is 0.193 e. The van der Waals surface area contributed by atoms with E-state index in [1.54, 1.807) is 0 Å². The quantitative estimate of drug-likeness (QED) is 0.291. The maximum absolute atomic E-state index is 4.85. The molecule has 0 amide bonds. The van der Waals surface area contributed by atoms with Gasteiger partial charge in [-0.3, -0.25) is 9.89 Å². The van der Waals surface area contributed by atoms with Gasteiger partial charge in [-0.05, 0) is 50.8 Å². The molecular weight excluding hydrogens is 449 g/mol. The molecule has 0 atom stereocenters. The van der Waals surface area contributed by atoms with Crippen LogP contribution >= 0.6 is 24.0 Å². The van der Waals surface area contributed by atoms with Crippen molar-refractivity contribution < 1.29 is 0 Å². The highest BCUT2D eigenvalue weighted by atomic mass is 127. The summed E-state index contributed by atoms with van der Waals surface area (Å²) in [5.41, 5.74) is 2.72. The molecule has 0 bridgehead atoms. The molecule has 3 rings (SSSR count). The molecule has 0 saturated carbocycles. The van der Waals surface area contributed by atoms with Crippen molar-refractivity contribution in [3.63, 3.8) is 0 Å². The first kappa shape index (κ1) is 22.3.